The highest BCUT2D eigenvalue weighted by Gasteiger charge is 2.71. The fourth-order valence-electron chi connectivity index (χ4n) is 17.9. The van der Waals surface area contributed by atoms with E-state index in [9.17, 15) is 96.7 Å². The van der Waals surface area contributed by atoms with E-state index in [1.165, 1.54) is 5.57 Å². The Morgan fingerprint density at radius 3 is 1.60 bits per heavy atom. The molecule has 0 aromatic carbocycles. The van der Waals surface area contributed by atoms with Crippen molar-refractivity contribution in [1.29, 1.82) is 0 Å². The average Bonchev–Trinajstić information content (AvgIpc) is 0.677. The van der Waals surface area contributed by atoms with E-state index in [1.54, 1.807) is 0 Å². The van der Waals surface area contributed by atoms with Crippen LogP contribution < -0.4 is 0 Å². The molecule has 0 amide bonds. The van der Waals surface area contributed by atoms with Crippen molar-refractivity contribution in [2.45, 2.75) is 266 Å². The molecule has 0 aromatic heterocycles. The lowest BCUT2D eigenvalue weighted by molar-refractivity contribution is -0.397. The molecule has 5 aliphatic carbocycles. The fraction of sp³-hybridized carbons (Fsp3) is 0.949. The number of carboxylic acids is 1. The summed E-state index contributed by atoms with van der Waals surface area (Å²) >= 11 is 0. The highest BCUT2D eigenvalue weighted by molar-refractivity contribution is 5.73. The van der Waals surface area contributed by atoms with Crippen molar-refractivity contribution in [1.82, 2.24) is 0 Å². The predicted octanol–water partition coefficient (Wildman–Crippen LogP) is -5.06. The number of hydrogen-bond donors (Lipinski definition) is 18. The Balaban J connectivity index is 0.892. The molecule has 29 heteroatoms. The molecule has 5 heterocycles. The molecule has 4 saturated carbocycles. The minimum Gasteiger partial charge on any atom is -0.479 e. The van der Waals surface area contributed by atoms with Gasteiger partial charge in [0.15, 0.2) is 37.6 Å². The van der Waals surface area contributed by atoms with Crippen LogP contribution in [-0.4, -0.2) is 297 Å². The molecule has 88 heavy (non-hydrogen) atoms. The summed E-state index contributed by atoms with van der Waals surface area (Å²) in [7, 11) is 0. The van der Waals surface area contributed by atoms with Crippen molar-refractivity contribution in [2.75, 3.05) is 33.0 Å². The molecular formula is C59H96O29. The summed E-state index contributed by atoms with van der Waals surface area (Å²) in [5.41, 5.74) is -2.58. The van der Waals surface area contributed by atoms with E-state index in [2.05, 4.69) is 33.8 Å². The van der Waals surface area contributed by atoms with E-state index in [0.717, 1.165) is 0 Å². The first-order valence-electron chi connectivity index (χ1n) is 31.0. The topological polar surface area (TPSA) is 474 Å². The number of aliphatic hydroxyl groups is 17. The molecule has 4 unspecified atom stereocenters. The Morgan fingerprint density at radius 1 is 0.523 bits per heavy atom. The molecule has 10 rings (SSSR count). The van der Waals surface area contributed by atoms with Gasteiger partial charge in [0.05, 0.1) is 51.3 Å². The van der Waals surface area contributed by atoms with Crippen molar-refractivity contribution in [3.63, 3.8) is 0 Å². The van der Waals surface area contributed by atoms with E-state index < -0.39 is 225 Å². The van der Waals surface area contributed by atoms with Crippen molar-refractivity contribution in [2.24, 2.45) is 50.2 Å². The summed E-state index contributed by atoms with van der Waals surface area (Å²) in [6.07, 6.45) is -39.2. The van der Waals surface area contributed by atoms with Gasteiger partial charge in [-0.25, -0.2) is 4.79 Å². The highest BCUT2D eigenvalue weighted by atomic mass is 16.8. The molecule has 9 fully saturated rings. The number of fused-ring (bicyclic) bond motifs is 7. The first-order valence-corrected chi connectivity index (χ1v) is 31.0. The van der Waals surface area contributed by atoms with Gasteiger partial charge in [-0.05, 0) is 90.8 Å². The summed E-state index contributed by atoms with van der Waals surface area (Å²) in [5, 5.41) is 196. The Morgan fingerprint density at radius 2 is 1.05 bits per heavy atom. The Kier molecular flexibility index (Phi) is 19.9. The highest BCUT2D eigenvalue weighted by Crippen LogP contribution is 2.76. The fourth-order valence-corrected chi connectivity index (χ4v) is 17.9. The molecule has 0 radical (unpaired) electrons. The van der Waals surface area contributed by atoms with Crippen molar-refractivity contribution >= 4 is 5.97 Å². The molecule has 18 N–H and O–H groups in total. The van der Waals surface area contributed by atoms with Gasteiger partial charge in [0.25, 0.3) is 0 Å². The summed E-state index contributed by atoms with van der Waals surface area (Å²) in [4.78, 5) is 12.6. The normalized spacial score (nSPS) is 55.5. The zero-order valence-corrected chi connectivity index (χ0v) is 50.6. The lowest BCUT2D eigenvalue weighted by Crippen LogP contribution is -2.69. The molecule has 10 aliphatic rings. The average molecular weight is 1270 g/mol. The zero-order valence-electron chi connectivity index (χ0n) is 50.6. The van der Waals surface area contributed by atoms with Gasteiger partial charge in [0, 0.05) is 10.8 Å². The van der Waals surface area contributed by atoms with Crippen LogP contribution in [0.3, 0.4) is 0 Å². The van der Waals surface area contributed by atoms with Gasteiger partial charge in [0.2, 0.25) is 0 Å². The number of aliphatic carboxylic acids is 1. The van der Waals surface area contributed by atoms with Gasteiger partial charge in [-0.15, -0.1) is 0 Å². The van der Waals surface area contributed by atoms with Crippen LogP contribution in [0.5, 0.6) is 0 Å². The minimum atomic E-state index is -2.17. The molecule has 29 nitrogen and oxygen atoms in total. The molecule has 0 spiro atoms. The maximum Gasteiger partial charge on any atom is 0.335 e. The van der Waals surface area contributed by atoms with E-state index >= 15 is 0 Å². The third-order valence-corrected chi connectivity index (χ3v) is 23.6. The summed E-state index contributed by atoms with van der Waals surface area (Å²) in [6, 6.07) is 0. The van der Waals surface area contributed by atoms with Gasteiger partial charge in [-0.1, -0.05) is 60.1 Å². The Bertz CT molecular complexity index is 2460. The predicted molar refractivity (Wildman–Crippen MR) is 293 cm³/mol. The van der Waals surface area contributed by atoms with Gasteiger partial charge in [-0.3, -0.25) is 0 Å². The number of carbonyl (C=O) groups is 1. The van der Waals surface area contributed by atoms with Crippen molar-refractivity contribution in [3.05, 3.63) is 11.6 Å². The number of rotatable bonds is 15. The van der Waals surface area contributed by atoms with Gasteiger partial charge < -0.3 is 139 Å². The van der Waals surface area contributed by atoms with Crippen LogP contribution in [0.1, 0.15) is 99.8 Å². The number of aliphatic hydroxyl groups excluding tert-OH is 17. The quantitative estimate of drug-likeness (QED) is 0.0539. The zero-order chi connectivity index (χ0) is 64.4. The van der Waals surface area contributed by atoms with Crippen LogP contribution in [0, 0.1) is 50.2 Å². The standard InChI is InChI=1S/C59H96O29/c1-54(2)16-23-22-8-9-29-56(4)12-11-30(83-53-45(38(72)37(71)43(85-53)48(77)78)87-52-44(36(70)33(67)27(19-62)82-52)86-51-40(74)35(69)32(66)26(18-61)81-51)57(5,21-63)28(56)10-13-59(29,7)58(22,6)15-14-55(23,3)47(46(54)76)88-49-41(75)42(24(64)20-79-49)84-50-39(73)34(68)31(65)25(17-60)80-50/h8,23-47,49-53,60-76H,9-21H2,1-7H3,(H,77,78)/t23?,24-,25-,26-,27-,28?,29?,30+,31-,32-,33+,34-,35+,36-,37+,38-,39-,40-,41-,42-,43+,44-,45-,46+,47-,49+,50+,51+,52+,53-,55-,56+,57-,58?,59-/m1/s1. The van der Waals surface area contributed by atoms with Crippen molar-refractivity contribution < 1.29 is 144 Å². The molecule has 0 aromatic rings. The minimum absolute atomic E-state index is 0.0245. The molecule has 35 atom stereocenters. The van der Waals surface area contributed by atoms with E-state index in [0.29, 0.717) is 44.9 Å². The molecule has 506 valence electrons. The Labute approximate surface area is 509 Å². The van der Waals surface area contributed by atoms with Crippen LogP contribution >= 0.6 is 0 Å². The maximum atomic E-state index is 12.6. The van der Waals surface area contributed by atoms with Crippen LogP contribution in [0.15, 0.2) is 11.6 Å². The smallest absolute Gasteiger partial charge is 0.335 e. The van der Waals surface area contributed by atoms with Crippen LogP contribution in [-0.2, 0) is 52.2 Å². The van der Waals surface area contributed by atoms with Gasteiger partial charge in [-0.2, -0.15) is 0 Å². The monoisotopic (exact) mass is 1270 g/mol. The van der Waals surface area contributed by atoms with E-state index in [1.807, 2.05) is 20.8 Å². The van der Waals surface area contributed by atoms with Crippen molar-refractivity contribution in [3.8, 4) is 0 Å². The molecule has 5 saturated heterocycles. The number of allylic oxidation sites excluding steroid dienone is 2. The summed E-state index contributed by atoms with van der Waals surface area (Å²) in [6.45, 7) is 11.5. The first kappa shape index (κ1) is 69.0. The SMILES string of the molecule is CC1(C)CC2C3=CCC4[C@@]5(C)CC[C@H](O[C@@H]6O[C@H](C(=O)O)[C@@H](O)[C@@H](O)[C@H]6O[C@@H]6O[C@H](CO)[C@H](O)[C@@H](O)[C@H]6O[C@@H]6O[C@H](CO)[C@@H](O)[C@H](O)[C@H]6O)[C@](C)(CO)C5CC[C@@]4(C)C3(C)CC[C@@]2(C)[C@H](O[C@@H]2OC[C@@H](O)[C@@H](O[C@@H]3O[C@H](CO)[C@@H](O)[C@@H](O)[C@H]3O)[C@H]2O)[C@@H]1O. The van der Waals surface area contributed by atoms with E-state index in [4.69, 9.17) is 47.4 Å². The third-order valence-electron chi connectivity index (χ3n) is 23.6. The third kappa shape index (κ3) is 11.2. The van der Waals surface area contributed by atoms with E-state index in [-0.39, 0.29) is 36.2 Å². The first-order chi connectivity index (χ1) is 41.2. The molecule has 0 bridgehead atoms. The summed E-state index contributed by atoms with van der Waals surface area (Å²) in [5.74, 6) is -2.05. The van der Waals surface area contributed by atoms with Crippen LogP contribution in [0.4, 0.5) is 0 Å². The number of ether oxygens (including phenoxy) is 10. The second-order valence-electron chi connectivity index (χ2n) is 28.8. The van der Waals surface area contributed by atoms with Gasteiger partial charge >= 0.3 is 5.97 Å². The lowest BCUT2D eigenvalue weighted by Gasteiger charge is -2.72. The van der Waals surface area contributed by atoms with Crippen LogP contribution in [0.25, 0.3) is 0 Å². The summed E-state index contributed by atoms with van der Waals surface area (Å²) < 4.78 is 60.2. The lowest BCUT2D eigenvalue weighted by atomic mass is 9.33. The van der Waals surface area contributed by atoms with Gasteiger partial charge in [0.1, 0.15) is 110 Å². The number of carboxylic acid groups (broad SMARTS) is 1. The second-order valence-corrected chi connectivity index (χ2v) is 28.8. The molecule has 5 aliphatic heterocycles. The largest absolute Gasteiger partial charge is 0.479 e. The molecular weight excluding hydrogens is 1170 g/mol. The maximum absolute atomic E-state index is 12.6. The number of hydrogen-bond acceptors (Lipinski definition) is 28. The second kappa shape index (κ2) is 25.4. The van der Waals surface area contributed by atoms with Crippen LogP contribution in [0.2, 0.25) is 0 Å². The Hall–Kier alpha value is -1.87.